The standard InChI is InChI=1S/C18H17N5O2/c1-12-3-8-17(20-10-12)21-11-14(9-19)18(25)23-16-6-4-15(5-7-16)22-13(2)24/h3-8,10-11H,1-2H3,(H,20,21)(H,22,24)(H,23,25)/b14-11-. The average Bonchev–Trinajstić information content (AvgIpc) is 2.58. The number of anilines is 3. The van der Waals surface area contributed by atoms with Gasteiger partial charge in [-0.2, -0.15) is 5.26 Å². The summed E-state index contributed by atoms with van der Waals surface area (Å²) in [6.07, 6.45) is 2.98. The number of nitrogens with zero attached hydrogens (tertiary/aromatic N) is 2. The van der Waals surface area contributed by atoms with Gasteiger partial charge in [-0.05, 0) is 42.8 Å². The van der Waals surface area contributed by atoms with Crippen LogP contribution in [0, 0.1) is 18.3 Å². The molecule has 0 spiro atoms. The third kappa shape index (κ3) is 5.48. The molecule has 0 saturated carbocycles. The van der Waals surface area contributed by atoms with Crippen molar-refractivity contribution in [2.75, 3.05) is 16.0 Å². The molecule has 126 valence electrons. The summed E-state index contributed by atoms with van der Waals surface area (Å²) in [4.78, 5) is 27.3. The van der Waals surface area contributed by atoms with E-state index in [1.807, 2.05) is 19.1 Å². The largest absolute Gasteiger partial charge is 0.345 e. The topological polar surface area (TPSA) is 107 Å². The lowest BCUT2D eigenvalue weighted by atomic mass is 10.2. The summed E-state index contributed by atoms with van der Waals surface area (Å²) in [5, 5.41) is 17.2. The third-order valence-corrected chi connectivity index (χ3v) is 3.10. The quantitative estimate of drug-likeness (QED) is 0.575. The van der Waals surface area contributed by atoms with Gasteiger partial charge in [0.1, 0.15) is 17.5 Å². The Bertz CT molecular complexity index is 833. The molecule has 0 bridgehead atoms. The van der Waals surface area contributed by atoms with Gasteiger partial charge < -0.3 is 16.0 Å². The van der Waals surface area contributed by atoms with Gasteiger partial charge in [0.15, 0.2) is 0 Å². The van der Waals surface area contributed by atoms with Gasteiger partial charge in [-0.3, -0.25) is 9.59 Å². The van der Waals surface area contributed by atoms with E-state index >= 15 is 0 Å². The van der Waals surface area contributed by atoms with Gasteiger partial charge >= 0.3 is 0 Å². The number of hydrogen-bond acceptors (Lipinski definition) is 5. The summed E-state index contributed by atoms with van der Waals surface area (Å²) in [6, 6.07) is 12.0. The summed E-state index contributed by atoms with van der Waals surface area (Å²) >= 11 is 0. The first-order valence-electron chi connectivity index (χ1n) is 7.46. The number of benzene rings is 1. The number of amides is 2. The smallest absolute Gasteiger partial charge is 0.267 e. The molecule has 0 fully saturated rings. The maximum atomic E-state index is 12.1. The van der Waals surface area contributed by atoms with Crippen molar-refractivity contribution >= 4 is 29.0 Å². The van der Waals surface area contributed by atoms with Crippen LogP contribution in [0.15, 0.2) is 54.4 Å². The maximum absolute atomic E-state index is 12.1. The molecule has 25 heavy (non-hydrogen) atoms. The van der Waals surface area contributed by atoms with E-state index < -0.39 is 5.91 Å². The SMILES string of the molecule is CC(=O)Nc1ccc(NC(=O)/C(C#N)=C\Nc2ccc(C)cn2)cc1. The van der Waals surface area contributed by atoms with Crippen LogP contribution in [0.25, 0.3) is 0 Å². The summed E-state index contributed by atoms with van der Waals surface area (Å²) in [5.41, 5.74) is 2.05. The Labute approximate surface area is 145 Å². The van der Waals surface area contributed by atoms with Crippen LogP contribution in [-0.2, 0) is 9.59 Å². The van der Waals surface area contributed by atoms with E-state index in [0.29, 0.717) is 17.2 Å². The number of aromatic nitrogens is 1. The number of carbonyl (C=O) groups excluding carboxylic acids is 2. The fourth-order valence-electron chi connectivity index (χ4n) is 1.89. The molecule has 1 heterocycles. The lowest BCUT2D eigenvalue weighted by Gasteiger charge is -2.07. The number of carbonyl (C=O) groups is 2. The Morgan fingerprint density at radius 1 is 1.08 bits per heavy atom. The minimum Gasteiger partial charge on any atom is -0.345 e. The molecule has 7 heteroatoms. The Balaban J connectivity index is 2.01. The summed E-state index contributed by atoms with van der Waals surface area (Å²) < 4.78 is 0. The van der Waals surface area contributed by atoms with E-state index in [2.05, 4.69) is 20.9 Å². The van der Waals surface area contributed by atoms with Crippen LogP contribution < -0.4 is 16.0 Å². The summed E-state index contributed by atoms with van der Waals surface area (Å²) in [5.74, 6) is -0.192. The molecular weight excluding hydrogens is 318 g/mol. The first-order chi connectivity index (χ1) is 12.0. The zero-order valence-electron chi connectivity index (χ0n) is 13.8. The van der Waals surface area contributed by atoms with Gasteiger partial charge in [-0.25, -0.2) is 4.98 Å². The van der Waals surface area contributed by atoms with Crippen LogP contribution in [0.4, 0.5) is 17.2 Å². The van der Waals surface area contributed by atoms with Crippen LogP contribution >= 0.6 is 0 Å². The highest BCUT2D eigenvalue weighted by Gasteiger charge is 2.09. The molecule has 0 radical (unpaired) electrons. The molecule has 2 amide bonds. The molecular formula is C18H17N5O2. The third-order valence-electron chi connectivity index (χ3n) is 3.10. The normalized spacial score (nSPS) is 10.5. The van der Waals surface area contributed by atoms with Crippen molar-refractivity contribution in [3.05, 3.63) is 59.9 Å². The van der Waals surface area contributed by atoms with Crippen molar-refractivity contribution in [2.45, 2.75) is 13.8 Å². The van der Waals surface area contributed by atoms with Gasteiger partial charge in [-0.15, -0.1) is 0 Å². The van der Waals surface area contributed by atoms with Gasteiger partial charge in [-0.1, -0.05) is 6.07 Å². The fourth-order valence-corrected chi connectivity index (χ4v) is 1.89. The molecule has 7 nitrogen and oxygen atoms in total. The van der Waals surface area contributed by atoms with Crippen molar-refractivity contribution in [1.29, 1.82) is 5.26 Å². The van der Waals surface area contributed by atoms with Crippen molar-refractivity contribution in [2.24, 2.45) is 0 Å². The fraction of sp³-hybridized carbons (Fsp3) is 0.111. The minimum absolute atomic E-state index is 0.0895. The first-order valence-corrected chi connectivity index (χ1v) is 7.46. The minimum atomic E-state index is -0.547. The van der Waals surface area contributed by atoms with E-state index in [1.165, 1.54) is 13.1 Å². The van der Waals surface area contributed by atoms with E-state index in [4.69, 9.17) is 5.26 Å². The predicted molar refractivity (Wildman–Crippen MR) is 95.7 cm³/mol. The number of aryl methyl sites for hydroxylation is 1. The number of pyridine rings is 1. The zero-order chi connectivity index (χ0) is 18.2. The predicted octanol–water partition coefficient (Wildman–Crippen LogP) is 2.81. The Hall–Kier alpha value is -3.66. The molecule has 2 rings (SSSR count). The first kappa shape index (κ1) is 17.7. The van der Waals surface area contributed by atoms with Crippen molar-refractivity contribution in [1.82, 2.24) is 4.98 Å². The Kier molecular flexibility index (Phi) is 5.85. The number of nitrogens with one attached hydrogen (secondary N) is 3. The van der Waals surface area contributed by atoms with Gasteiger partial charge in [0.05, 0.1) is 0 Å². The van der Waals surface area contributed by atoms with Gasteiger partial charge in [0.2, 0.25) is 5.91 Å². The van der Waals surface area contributed by atoms with E-state index in [9.17, 15) is 9.59 Å². The molecule has 1 aromatic carbocycles. The Morgan fingerprint density at radius 2 is 1.72 bits per heavy atom. The highest BCUT2D eigenvalue weighted by atomic mass is 16.2. The maximum Gasteiger partial charge on any atom is 0.267 e. The van der Waals surface area contributed by atoms with Crippen LogP contribution in [0.3, 0.4) is 0 Å². The Morgan fingerprint density at radius 3 is 2.24 bits per heavy atom. The molecule has 0 saturated heterocycles. The lowest BCUT2D eigenvalue weighted by molar-refractivity contribution is -0.114. The van der Waals surface area contributed by atoms with E-state index in [-0.39, 0.29) is 11.5 Å². The monoisotopic (exact) mass is 335 g/mol. The molecule has 0 unspecified atom stereocenters. The number of hydrogen-bond donors (Lipinski definition) is 3. The molecule has 0 atom stereocenters. The number of rotatable bonds is 5. The zero-order valence-corrected chi connectivity index (χ0v) is 13.8. The summed E-state index contributed by atoms with van der Waals surface area (Å²) in [6.45, 7) is 3.33. The second kappa shape index (κ2) is 8.26. The van der Waals surface area contributed by atoms with Crippen molar-refractivity contribution in [3.63, 3.8) is 0 Å². The van der Waals surface area contributed by atoms with Crippen LogP contribution in [0.2, 0.25) is 0 Å². The number of nitriles is 1. The molecule has 3 N–H and O–H groups in total. The van der Waals surface area contributed by atoms with Crippen LogP contribution in [-0.4, -0.2) is 16.8 Å². The molecule has 0 aliphatic heterocycles. The second-order valence-corrected chi connectivity index (χ2v) is 5.25. The highest BCUT2D eigenvalue weighted by molar-refractivity contribution is 6.06. The highest BCUT2D eigenvalue weighted by Crippen LogP contribution is 2.14. The van der Waals surface area contributed by atoms with Crippen molar-refractivity contribution in [3.8, 4) is 6.07 Å². The molecule has 0 aliphatic rings. The van der Waals surface area contributed by atoms with Crippen LogP contribution in [0.1, 0.15) is 12.5 Å². The second-order valence-electron chi connectivity index (χ2n) is 5.25. The van der Waals surface area contributed by atoms with E-state index in [0.717, 1.165) is 5.56 Å². The summed E-state index contributed by atoms with van der Waals surface area (Å²) in [7, 11) is 0. The molecule has 0 aliphatic carbocycles. The lowest BCUT2D eigenvalue weighted by Crippen LogP contribution is -2.14. The van der Waals surface area contributed by atoms with Crippen molar-refractivity contribution < 1.29 is 9.59 Å². The van der Waals surface area contributed by atoms with E-state index in [1.54, 1.807) is 36.5 Å². The molecule has 2 aromatic rings. The molecule has 1 aromatic heterocycles. The van der Waals surface area contributed by atoms with Gasteiger partial charge in [0, 0.05) is 30.7 Å². The average molecular weight is 335 g/mol. The van der Waals surface area contributed by atoms with Crippen LogP contribution in [0.5, 0.6) is 0 Å². The van der Waals surface area contributed by atoms with Gasteiger partial charge in [0.25, 0.3) is 5.91 Å².